The number of aryl methyl sites for hydroxylation is 1. The molecule has 0 aliphatic rings. The Morgan fingerprint density at radius 3 is 2.76 bits per heavy atom. The molecule has 1 aromatic carbocycles. The molecule has 108 valence electrons. The van der Waals surface area contributed by atoms with Crippen LogP contribution in [0.5, 0.6) is 5.75 Å². The molecular weight excluding hydrogens is 284 g/mol. The standard InChI is InChI=1S/C15H16N4OS/c1-3-21-15-18-12(11(8-16)14(17)19-15)9-20-13-7-5-4-6-10(13)2/h4-7H,3,9H2,1-2H3,(H2,17,18,19). The predicted octanol–water partition coefficient (Wildman–Crippen LogP) is 2.93. The minimum Gasteiger partial charge on any atom is -0.487 e. The highest BCUT2D eigenvalue weighted by molar-refractivity contribution is 7.99. The van der Waals surface area contributed by atoms with Crippen molar-refractivity contribution in [2.24, 2.45) is 0 Å². The number of rotatable bonds is 5. The smallest absolute Gasteiger partial charge is 0.189 e. The fourth-order valence-corrected chi connectivity index (χ4v) is 2.38. The van der Waals surface area contributed by atoms with Crippen molar-refractivity contribution in [3.63, 3.8) is 0 Å². The fourth-order valence-electron chi connectivity index (χ4n) is 1.79. The highest BCUT2D eigenvalue weighted by Gasteiger charge is 2.13. The van der Waals surface area contributed by atoms with E-state index in [0.29, 0.717) is 10.9 Å². The van der Waals surface area contributed by atoms with E-state index in [1.54, 1.807) is 0 Å². The van der Waals surface area contributed by atoms with Gasteiger partial charge in [0.25, 0.3) is 0 Å². The van der Waals surface area contributed by atoms with Crippen LogP contribution in [-0.2, 0) is 6.61 Å². The van der Waals surface area contributed by atoms with Crippen molar-refractivity contribution < 1.29 is 4.74 Å². The van der Waals surface area contributed by atoms with Crippen LogP contribution >= 0.6 is 11.8 Å². The molecule has 0 bridgehead atoms. The molecule has 1 heterocycles. The van der Waals surface area contributed by atoms with Crippen molar-refractivity contribution in [2.45, 2.75) is 25.6 Å². The van der Waals surface area contributed by atoms with Gasteiger partial charge in [0.1, 0.15) is 35.5 Å². The summed E-state index contributed by atoms with van der Waals surface area (Å²) in [5.74, 6) is 1.80. The van der Waals surface area contributed by atoms with E-state index < -0.39 is 0 Å². The Balaban J connectivity index is 2.26. The van der Waals surface area contributed by atoms with Crippen LogP contribution in [-0.4, -0.2) is 15.7 Å². The number of hydrogen-bond donors (Lipinski definition) is 1. The molecule has 0 saturated heterocycles. The maximum Gasteiger partial charge on any atom is 0.189 e. The third kappa shape index (κ3) is 3.64. The summed E-state index contributed by atoms with van der Waals surface area (Å²) in [5, 5.41) is 9.77. The third-order valence-corrected chi connectivity index (χ3v) is 3.56. The zero-order valence-corrected chi connectivity index (χ0v) is 12.8. The maximum atomic E-state index is 9.20. The number of nitrogen functional groups attached to an aromatic ring is 1. The van der Waals surface area contributed by atoms with Gasteiger partial charge in [-0.3, -0.25) is 0 Å². The van der Waals surface area contributed by atoms with E-state index in [0.717, 1.165) is 17.1 Å². The van der Waals surface area contributed by atoms with E-state index in [2.05, 4.69) is 9.97 Å². The van der Waals surface area contributed by atoms with Gasteiger partial charge in [-0.05, 0) is 24.3 Å². The topological polar surface area (TPSA) is 84.8 Å². The normalized spacial score (nSPS) is 10.1. The Morgan fingerprint density at radius 2 is 2.10 bits per heavy atom. The van der Waals surface area contributed by atoms with Gasteiger partial charge >= 0.3 is 0 Å². The monoisotopic (exact) mass is 300 g/mol. The molecule has 0 spiro atoms. The molecule has 2 aromatic rings. The number of thioether (sulfide) groups is 1. The first-order valence-electron chi connectivity index (χ1n) is 6.53. The van der Waals surface area contributed by atoms with E-state index in [4.69, 9.17) is 10.5 Å². The number of nitriles is 1. The summed E-state index contributed by atoms with van der Waals surface area (Å²) in [6.45, 7) is 4.16. The van der Waals surface area contributed by atoms with Crippen molar-refractivity contribution in [3.8, 4) is 11.8 Å². The Hall–Kier alpha value is -2.26. The van der Waals surface area contributed by atoms with Gasteiger partial charge in [0.15, 0.2) is 5.16 Å². The summed E-state index contributed by atoms with van der Waals surface area (Å²) in [6, 6.07) is 9.74. The number of para-hydroxylation sites is 1. The van der Waals surface area contributed by atoms with Gasteiger partial charge in [0.2, 0.25) is 0 Å². The Bertz CT molecular complexity index is 682. The summed E-state index contributed by atoms with van der Waals surface area (Å²) < 4.78 is 5.75. The lowest BCUT2D eigenvalue weighted by Gasteiger charge is -2.11. The first-order chi connectivity index (χ1) is 10.2. The number of benzene rings is 1. The molecule has 0 atom stereocenters. The van der Waals surface area contributed by atoms with Gasteiger partial charge in [-0.2, -0.15) is 5.26 Å². The van der Waals surface area contributed by atoms with Gasteiger partial charge in [-0.15, -0.1) is 0 Å². The largest absolute Gasteiger partial charge is 0.487 e. The summed E-state index contributed by atoms with van der Waals surface area (Å²) in [5.41, 5.74) is 7.65. The molecule has 6 heteroatoms. The van der Waals surface area contributed by atoms with Crippen molar-refractivity contribution >= 4 is 17.6 Å². The quantitative estimate of drug-likeness (QED) is 0.675. The van der Waals surface area contributed by atoms with E-state index in [1.165, 1.54) is 11.8 Å². The molecule has 5 nitrogen and oxygen atoms in total. The molecule has 0 fully saturated rings. The van der Waals surface area contributed by atoms with Gasteiger partial charge in [-0.25, -0.2) is 9.97 Å². The molecule has 1 aromatic heterocycles. The summed E-state index contributed by atoms with van der Waals surface area (Å²) in [6.07, 6.45) is 0. The SMILES string of the molecule is CCSc1nc(N)c(C#N)c(COc2ccccc2C)n1. The zero-order chi connectivity index (χ0) is 15.2. The van der Waals surface area contributed by atoms with Gasteiger partial charge < -0.3 is 10.5 Å². The molecule has 2 rings (SSSR count). The Morgan fingerprint density at radius 1 is 1.33 bits per heavy atom. The molecule has 0 aliphatic carbocycles. The van der Waals surface area contributed by atoms with Gasteiger partial charge in [0.05, 0.1) is 0 Å². The average molecular weight is 300 g/mol. The fraction of sp³-hybridized carbons (Fsp3) is 0.267. The van der Waals surface area contributed by atoms with Crippen molar-refractivity contribution in [1.82, 2.24) is 9.97 Å². The van der Waals surface area contributed by atoms with Crippen LogP contribution in [0.4, 0.5) is 5.82 Å². The number of aromatic nitrogens is 2. The van der Waals surface area contributed by atoms with Crippen LogP contribution in [0, 0.1) is 18.3 Å². The molecule has 2 N–H and O–H groups in total. The first-order valence-corrected chi connectivity index (χ1v) is 7.52. The first kappa shape index (κ1) is 15.1. The number of nitrogens with zero attached hydrogens (tertiary/aromatic N) is 3. The van der Waals surface area contributed by atoms with Crippen LogP contribution in [0.15, 0.2) is 29.4 Å². The van der Waals surface area contributed by atoms with Crippen LogP contribution < -0.4 is 10.5 Å². The number of ether oxygens (including phenoxy) is 1. The summed E-state index contributed by atoms with van der Waals surface area (Å²) >= 11 is 1.48. The predicted molar refractivity (Wildman–Crippen MR) is 83.1 cm³/mol. The lowest BCUT2D eigenvalue weighted by molar-refractivity contribution is 0.297. The molecule has 0 amide bonds. The van der Waals surface area contributed by atoms with Crippen LogP contribution in [0.2, 0.25) is 0 Å². The van der Waals surface area contributed by atoms with Crippen molar-refractivity contribution in [2.75, 3.05) is 11.5 Å². The highest BCUT2D eigenvalue weighted by atomic mass is 32.2. The molecular formula is C15H16N4OS. The summed E-state index contributed by atoms with van der Waals surface area (Å²) in [7, 11) is 0. The van der Waals surface area contributed by atoms with E-state index >= 15 is 0 Å². The van der Waals surface area contributed by atoms with Gasteiger partial charge in [-0.1, -0.05) is 36.9 Å². The van der Waals surface area contributed by atoms with E-state index in [9.17, 15) is 5.26 Å². The van der Waals surface area contributed by atoms with E-state index in [1.807, 2.05) is 44.2 Å². The zero-order valence-electron chi connectivity index (χ0n) is 12.0. The average Bonchev–Trinajstić information content (AvgIpc) is 2.46. The number of hydrogen-bond acceptors (Lipinski definition) is 6. The Labute approximate surface area is 128 Å². The van der Waals surface area contributed by atoms with Crippen LogP contribution in [0.25, 0.3) is 0 Å². The second kappa shape index (κ2) is 6.95. The summed E-state index contributed by atoms with van der Waals surface area (Å²) in [4.78, 5) is 8.48. The lowest BCUT2D eigenvalue weighted by Crippen LogP contribution is -2.08. The second-order valence-corrected chi connectivity index (χ2v) is 5.54. The molecule has 21 heavy (non-hydrogen) atoms. The van der Waals surface area contributed by atoms with Crippen LogP contribution in [0.3, 0.4) is 0 Å². The molecule has 0 saturated carbocycles. The van der Waals surface area contributed by atoms with Crippen molar-refractivity contribution in [3.05, 3.63) is 41.1 Å². The minimum absolute atomic E-state index is 0.192. The Kier molecular flexibility index (Phi) is 5.01. The molecule has 0 radical (unpaired) electrons. The number of anilines is 1. The van der Waals surface area contributed by atoms with Gasteiger partial charge in [0, 0.05) is 0 Å². The molecule has 0 aliphatic heterocycles. The lowest BCUT2D eigenvalue weighted by atomic mass is 10.2. The van der Waals surface area contributed by atoms with E-state index in [-0.39, 0.29) is 18.0 Å². The highest BCUT2D eigenvalue weighted by Crippen LogP contribution is 2.22. The maximum absolute atomic E-state index is 9.20. The number of nitrogens with two attached hydrogens (primary N) is 1. The van der Waals surface area contributed by atoms with Crippen molar-refractivity contribution in [1.29, 1.82) is 5.26 Å². The minimum atomic E-state index is 0.192. The molecule has 0 unspecified atom stereocenters. The third-order valence-electron chi connectivity index (χ3n) is 2.83. The second-order valence-electron chi connectivity index (χ2n) is 4.31. The van der Waals surface area contributed by atoms with Crippen LogP contribution in [0.1, 0.15) is 23.7 Å².